The van der Waals surface area contributed by atoms with E-state index in [2.05, 4.69) is 15.0 Å². The van der Waals surface area contributed by atoms with Crippen LogP contribution in [0.2, 0.25) is 0 Å². The molecule has 0 radical (unpaired) electrons. The zero-order valence-electron chi connectivity index (χ0n) is 18.6. The summed E-state index contributed by atoms with van der Waals surface area (Å²) >= 11 is 0.950. The number of nitrogens with zero attached hydrogens (tertiary/aromatic N) is 2. The second-order valence-electron chi connectivity index (χ2n) is 7.82. The molecule has 34 heavy (non-hydrogen) atoms. The zero-order chi connectivity index (χ0) is 24.3. The van der Waals surface area contributed by atoms with Gasteiger partial charge in [0.1, 0.15) is 10.6 Å². The highest BCUT2D eigenvalue weighted by molar-refractivity contribution is 7.92. The molecule has 9 nitrogen and oxygen atoms in total. The number of amides is 2. The normalized spacial score (nSPS) is 15.2. The van der Waals surface area contributed by atoms with Crippen LogP contribution in [0.25, 0.3) is 0 Å². The van der Waals surface area contributed by atoms with Gasteiger partial charge in [-0.1, -0.05) is 53.8 Å². The Balaban J connectivity index is 1.52. The van der Waals surface area contributed by atoms with Crippen molar-refractivity contribution < 1.29 is 22.7 Å². The number of aromatic nitrogens is 1. The molecule has 0 aliphatic carbocycles. The van der Waals surface area contributed by atoms with E-state index in [0.717, 1.165) is 23.2 Å². The van der Waals surface area contributed by atoms with Gasteiger partial charge in [0.25, 0.3) is 11.8 Å². The highest BCUT2D eigenvalue weighted by Crippen LogP contribution is 2.35. The molecular weight excluding hydrogens is 476 g/mol. The van der Waals surface area contributed by atoms with Crippen molar-refractivity contribution in [1.29, 1.82) is 0 Å². The van der Waals surface area contributed by atoms with Gasteiger partial charge < -0.3 is 10.1 Å². The number of ether oxygens (including phenoxy) is 1. The van der Waals surface area contributed by atoms with Crippen LogP contribution >= 0.6 is 11.3 Å². The minimum Gasteiger partial charge on any atom is -0.477 e. The number of fused-ring (bicyclic) bond motifs is 1. The summed E-state index contributed by atoms with van der Waals surface area (Å²) in [6.07, 6.45) is 0.801. The number of hydrogen-bond donors (Lipinski definition) is 2. The van der Waals surface area contributed by atoms with Gasteiger partial charge in [0.05, 0.1) is 24.2 Å². The van der Waals surface area contributed by atoms with E-state index in [1.807, 2.05) is 30.3 Å². The third-order valence-corrected chi connectivity index (χ3v) is 6.88. The second kappa shape index (κ2) is 9.82. The van der Waals surface area contributed by atoms with Crippen LogP contribution in [-0.4, -0.2) is 50.7 Å². The molecular formula is C23H24N4O5S2. The van der Waals surface area contributed by atoms with Gasteiger partial charge in [-0.3, -0.25) is 19.2 Å². The fourth-order valence-electron chi connectivity index (χ4n) is 3.57. The van der Waals surface area contributed by atoms with E-state index in [4.69, 9.17) is 4.74 Å². The van der Waals surface area contributed by atoms with Crippen LogP contribution in [0.15, 0.2) is 54.6 Å². The largest absolute Gasteiger partial charge is 0.477 e. The predicted octanol–water partition coefficient (Wildman–Crippen LogP) is 2.59. The molecule has 2 N–H and O–H groups in total. The topological polar surface area (TPSA) is 118 Å². The number of thiazole rings is 1. The van der Waals surface area contributed by atoms with E-state index in [1.54, 1.807) is 31.2 Å². The summed E-state index contributed by atoms with van der Waals surface area (Å²) < 4.78 is 31.3. The Morgan fingerprint density at radius 1 is 1.15 bits per heavy atom. The smallest absolute Gasteiger partial charge is 0.270 e. The first-order chi connectivity index (χ1) is 16.2. The van der Waals surface area contributed by atoms with E-state index < -0.39 is 16.1 Å². The first-order valence-corrected chi connectivity index (χ1v) is 13.3. The Morgan fingerprint density at radius 2 is 1.85 bits per heavy atom. The number of carbonyl (C=O) groups is 2. The maximum absolute atomic E-state index is 13.5. The number of anilines is 2. The van der Waals surface area contributed by atoms with Crippen molar-refractivity contribution >= 4 is 44.0 Å². The SMILES string of the molecule is Cc1nc(NS(C)(=O)=O)sc1C(=O)N1C[C@H](C(=O)NCCc2ccccc2)Oc2ccccc21. The third-order valence-electron chi connectivity index (χ3n) is 5.13. The molecule has 3 aromatic rings. The Morgan fingerprint density at radius 3 is 2.59 bits per heavy atom. The lowest BCUT2D eigenvalue weighted by atomic mass is 10.1. The van der Waals surface area contributed by atoms with Crippen molar-refractivity contribution in [3.63, 3.8) is 0 Å². The van der Waals surface area contributed by atoms with Crippen LogP contribution in [0, 0.1) is 6.92 Å². The number of hydrogen-bond acceptors (Lipinski definition) is 7. The van der Waals surface area contributed by atoms with Gasteiger partial charge in [0, 0.05) is 6.54 Å². The van der Waals surface area contributed by atoms with Gasteiger partial charge >= 0.3 is 0 Å². The maximum atomic E-state index is 13.5. The number of benzene rings is 2. The number of nitrogens with one attached hydrogen (secondary N) is 2. The minimum atomic E-state index is -3.53. The fraction of sp³-hybridized carbons (Fsp3) is 0.261. The summed E-state index contributed by atoms with van der Waals surface area (Å²) in [4.78, 5) is 32.3. The molecule has 0 fully saturated rings. The van der Waals surface area contributed by atoms with Gasteiger partial charge in [-0.15, -0.1) is 0 Å². The standard InChI is InChI=1S/C23H24N4O5S2/c1-15-20(33-23(25-15)26-34(2,30)31)22(29)27-14-19(32-18-11-7-6-10-17(18)27)21(28)24-13-12-16-8-4-3-5-9-16/h3-11,19H,12-14H2,1-2H3,(H,24,28)(H,25,26)/t19-/m1/s1. The quantitative estimate of drug-likeness (QED) is 0.515. The molecule has 1 aliphatic rings. The molecule has 4 rings (SSSR count). The average molecular weight is 501 g/mol. The van der Waals surface area contributed by atoms with E-state index >= 15 is 0 Å². The molecule has 0 spiro atoms. The van der Waals surface area contributed by atoms with Gasteiger partial charge in [0.15, 0.2) is 11.2 Å². The summed E-state index contributed by atoms with van der Waals surface area (Å²) in [5, 5.41) is 3.00. The molecule has 0 bridgehead atoms. The van der Waals surface area contributed by atoms with Gasteiger partial charge in [-0.05, 0) is 31.0 Å². The number of sulfonamides is 1. The van der Waals surface area contributed by atoms with Crippen molar-refractivity contribution in [1.82, 2.24) is 10.3 Å². The van der Waals surface area contributed by atoms with Crippen LogP contribution in [0.4, 0.5) is 10.8 Å². The number of carbonyl (C=O) groups excluding carboxylic acids is 2. The molecule has 2 heterocycles. The molecule has 2 aromatic carbocycles. The van der Waals surface area contributed by atoms with Crippen molar-refractivity contribution in [2.75, 3.05) is 29.0 Å². The molecule has 0 unspecified atom stereocenters. The molecule has 2 amide bonds. The lowest BCUT2D eigenvalue weighted by molar-refractivity contribution is -0.127. The van der Waals surface area contributed by atoms with Crippen LogP contribution in [0.1, 0.15) is 20.9 Å². The van der Waals surface area contributed by atoms with Crippen LogP contribution in [-0.2, 0) is 21.2 Å². The summed E-state index contributed by atoms with van der Waals surface area (Å²) in [6, 6.07) is 16.8. The first-order valence-electron chi connectivity index (χ1n) is 10.6. The number of para-hydroxylation sites is 2. The Kier molecular flexibility index (Phi) is 6.85. The van der Waals surface area contributed by atoms with Gasteiger partial charge in [-0.25, -0.2) is 13.4 Å². The fourth-order valence-corrected chi connectivity index (χ4v) is 5.32. The lowest BCUT2D eigenvalue weighted by Gasteiger charge is -2.34. The van der Waals surface area contributed by atoms with Crippen molar-refractivity contribution in [2.24, 2.45) is 0 Å². The van der Waals surface area contributed by atoms with Gasteiger partial charge in [-0.2, -0.15) is 0 Å². The summed E-state index contributed by atoms with van der Waals surface area (Å²) in [7, 11) is -3.53. The van der Waals surface area contributed by atoms with E-state index in [-0.39, 0.29) is 28.4 Å². The summed E-state index contributed by atoms with van der Waals surface area (Å²) in [5.41, 5.74) is 2.04. The van der Waals surface area contributed by atoms with Gasteiger partial charge in [0.2, 0.25) is 10.0 Å². The highest BCUT2D eigenvalue weighted by Gasteiger charge is 2.35. The predicted molar refractivity (Wildman–Crippen MR) is 131 cm³/mol. The van der Waals surface area contributed by atoms with Crippen molar-refractivity contribution in [2.45, 2.75) is 19.4 Å². The zero-order valence-corrected chi connectivity index (χ0v) is 20.3. The van der Waals surface area contributed by atoms with Crippen molar-refractivity contribution in [3.8, 4) is 5.75 Å². The Labute approximate surface area is 201 Å². The highest BCUT2D eigenvalue weighted by atomic mass is 32.2. The first kappa shape index (κ1) is 23.7. The molecule has 1 aliphatic heterocycles. The minimum absolute atomic E-state index is 0.0131. The monoisotopic (exact) mass is 500 g/mol. The Hall–Kier alpha value is -3.44. The average Bonchev–Trinajstić information content (AvgIpc) is 3.16. The van der Waals surface area contributed by atoms with Crippen LogP contribution < -0.4 is 19.7 Å². The molecule has 0 saturated carbocycles. The molecule has 0 saturated heterocycles. The summed E-state index contributed by atoms with van der Waals surface area (Å²) in [5.74, 6) is -0.278. The number of rotatable bonds is 7. The number of aryl methyl sites for hydroxylation is 1. The molecule has 1 aromatic heterocycles. The van der Waals surface area contributed by atoms with Crippen LogP contribution in [0.5, 0.6) is 5.75 Å². The Bertz CT molecular complexity index is 1310. The van der Waals surface area contributed by atoms with E-state index in [0.29, 0.717) is 30.1 Å². The molecule has 178 valence electrons. The third kappa shape index (κ3) is 5.54. The van der Waals surface area contributed by atoms with Crippen LogP contribution in [0.3, 0.4) is 0 Å². The lowest BCUT2D eigenvalue weighted by Crippen LogP contribution is -2.51. The maximum Gasteiger partial charge on any atom is 0.270 e. The van der Waals surface area contributed by atoms with E-state index in [1.165, 1.54) is 4.90 Å². The summed E-state index contributed by atoms with van der Waals surface area (Å²) in [6.45, 7) is 2.09. The van der Waals surface area contributed by atoms with Crippen molar-refractivity contribution in [3.05, 3.63) is 70.7 Å². The van der Waals surface area contributed by atoms with E-state index in [9.17, 15) is 18.0 Å². The molecule has 11 heteroatoms. The second-order valence-corrected chi connectivity index (χ2v) is 10.6. The molecule has 1 atom stereocenters.